The van der Waals surface area contributed by atoms with Crippen molar-refractivity contribution in [2.24, 2.45) is 0 Å². The zero-order chi connectivity index (χ0) is 44.1. The average molecular weight is 743 g/mol. The van der Waals surface area contributed by atoms with Crippen LogP contribution in [-0.4, -0.2) is 245 Å². The average Bonchev–Trinajstić information content (AvgIpc) is 2.88. The molecule has 0 bridgehead atoms. The minimum atomic E-state index is -2.17. The fourth-order valence-corrected chi connectivity index (χ4v) is 0. The Morgan fingerprint density at radius 3 is 0.163 bits per heavy atom. The topological polar surface area (TPSA) is 375 Å². The Bertz CT molecular complexity index is 215. The molecule has 316 valence electrons. The third-order valence-corrected chi connectivity index (χ3v) is 0. The van der Waals surface area contributed by atoms with Gasteiger partial charge in [-0.25, -0.2) is 0 Å². The van der Waals surface area contributed by atoms with Crippen LogP contribution in [0.4, 0.5) is 0 Å². The molecule has 0 aromatic carbocycles. The summed E-state index contributed by atoms with van der Waals surface area (Å²) in [4.78, 5) is 0. The highest BCUT2D eigenvalue weighted by Crippen LogP contribution is 1.41. The van der Waals surface area contributed by atoms with Crippen molar-refractivity contribution < 1.29 is 60.3 Å². The molecular weight excluding hydrogens is 654 g/mol. The molecular formula is C22H89B4N11O12. The Labute approximate surface area is 303 Å². The fourth-order valence-electron chi connectivity index (χ4n) is 0. The second-order valence-corrected chi connectivity index (χ2v) is 6.89. The van der Waals surface area contributed by atoms with Gasteiger partial charge in [0.2, 0.25) is 0 Å². The smallest absolute Gasteiger partial charge is 0.402 e. The largest absolute Gasteiger partial charge is 0.631 e. The molecule has 0 rings (SSSR count). The second-order valence-electron chi connectivity index (χ2n) is 6.89. The van der Waals surface area contributed by atoms with E-state index in [9.17, 15) is 0 Å². The van der Waals surface area contributed by atoms with E-state index in [1.165, 1.54) is 0 Å². The molecule has 0 amide bonds. The third kappa shape index (κ3) is 223000. The summed E-state index contributed by atoms with van der Waals surface area (Å²) in [6.07, 6.45) is 0. The summed E-state index contributed by atoms with van der Waals surface area (Å²) in [5, 5.41) is 116. The summed E-state index contributed by atoms with van der Waals surface area (Å²) in [5.41, 5.74) is 0. The van der Waals surface area contributed by atoms with E-state index in [0.717, 1.165) is 0 Å². The van der Waals surface area contributed by atoms with Crippen LogP contribution < -0.4 is 58.5 Å². The van der Waals surface area contributed by atoms with E-state index in [1.54, 1.807) is 0 Å². The number of nitrogens with one attached hydrogen (secondary N) is 11. The molecule has 0 aromatic rings. The first-order chi connectivity index (χ1) is 22.5. The molecule has 0 aliphatic rings. The van der Waals surface area contributed by atoms with Gasteiger partial charge >= 0.3 is 29.3 Å². The summed E-state index contributed by atoms with van der Waals surface area (Å²) in [5.74, 6) is 0. The lowest BCUT2D eigenvalue weighted by atomic mass is 10.3. The molecule has 0 radical (unpaired) electrons. The van der Waals surface area contributed by atoms with Gasteiger partial charge in [-0.2, -0.15) is 0 Å². The van der Waals surface area contributed by atoms with Gasteiger partial charge in [-0.05, 0) is 155 Å². The maximum absolute atomic E-state index is 7.17. The van der Waals surface area contributed by atoms with E-state index in [2.05, 4.69) is 58.5 Å². The van der Waals surface area contributed by atoms with Crippen LogP contribution in [0.1, 0.15) is 0 Å². The Kier molecular flexibility index (Phi) is 405. The van der Waals surface area contributed by atoms with Crippen molar-refractivity contribution in [3.8, 4) is 0 Å². The number of rotatable bonds is 0. The van der Waals surface area contributed by atoms with Crippen LogP contribution in [-0.2, 0) is 0 Å². The maximum atomic E-state index is 7.17. The van der Waals surface area contributed by atoms with Crippen LogP contribution >= 0.6 is 0 Å². The molecule has 0 unspecified atom stereocenters. The highest BCUT2D eigenvalue weighted by molar-refractivity contribution is 6.31. The van der Waals surface area contributed by atoms with Crippen molar-refractivity contribution in [3.63, 3.8) is 0 Å². The molecule has 0 heterocycles. The zero-order valence-electron chi connectivity index (χ0n) is 35.2. The summed E-state index contributed by atoms with van der Waals surface area (Å²) < 4.78 is 0. The lowest BCUT2D eigenvalue weighted by molar-refractivity contribution is 0.276. The van der Waals surface area contributed by atoms with E-state index in [1.807, 2.05) is 155 Å². The Balaban J connectivity index is -0.0000000195. The Hall–Kier alpha value is -0.660. The van der Waals surface area contributed by atoms with Crippen LogP contribution in [0.3, 0.4) is 0 Å². The van der Waals surface area contributed by atoms with Gasteiger partial charge in [0.25, 0.3) is 0 Å². The monoisotopic (exact) mass is 744 g/mol. The molecule has 0 fully saturated rings. The van der Waals surface area contributed by atoms with Gasteiger partial charge in [-0.15, -0.1) is 0 Å². The quantitative estimate of drug-likeness (QED) is 0.102. The third-order valence-electron chi connectivity index (χ3n) is 0. The Morgan fingerprint density at radius 1 is 0.163 bits per heavy atom. The summed E-state index contributed by atoms with van der Waals surface area (Å²) in [6, 6.07) is 0. The molecule has 0 atom stereocenters. The van der Waals surface area contributed by atoms with Crippen LogP contribution in [0, 0.1) is 0 Å². The molecule has 23 N–H and O–H groups in total. The van der Waals surface area contributed by atoms with E-state index in [-0.39, 0.29) is 0 Å². The summed E-state index contributed by atoms with van der Waals surface area (Å²) in [6.45, 7) is 0. The molecule has 0 aromatic heterocycles. The van der Waals surface area contributed by atoms with Crippen LogP contribution in [0.2, 0.25) is 0 Å². The number of hydrogen-bond donors (Lipinski definition) is 23. The lowest BCUT2D eigenvalue weighted by Crippen LogP contribution is -2.07. The van der Waals surface area contributed by atoms with Gasteiger partial charge in [0.15, 0.2) is 0 Å². The first-order valence-corrected chi connectivity index (χ1v) is 14.1. The normalized spacial score (nSPS) is 6.24. The molecule has 27 heteroatoms. The molecule has 0 saturated carbocycles. The van der Waals surface area contributed by atoms with Crippen molar-refractivity contribution in [2.75, 3.05) is 155 Å². The van der Waals surface area contributed by atoms with E-state index < -0.39 is 29.3 Å². The van der Waals surface area contributed by atoms with Crippen molar-refractivity contribution >= 4 is 29.3 Å². The standard InChI is InChI=1S/11C2H7N.4BH3O3/c11*1-3-2;4*2-1(3)4/h11*3H,1-2H3;4*2-4H. The number of hydrogen-bond acceptors (Lipinski definition) is 23. The predicted molar refractivity (Wildman–Crippen MR) is 214 cm³/mol. The molecule has 0 spiro atoms. The molecule has 0 aliphatic carbocycles. The second kappa shape index (κ2) is 204. The highest BCUT2D eigenvalue weighted by atomic mass is 16.5. The van der Waals surface area contributed by atoms with Gasteiger partial charge in [0, 0.05) is 0 Å². The minimum Gasteiger partial charge on any atom is -0.402 e. The van der Waals surface area contributed by atoms with Gasteiger partial charge in [0.1, 0.15) is 0 Å². The van der Waals surface area contributed by atoms with Gasteiger partial charge in [-0.3, -0.25) is 0 Å². The molecule has 23 nitrogen and oxygen atoms in total. The van der Waals surface area contributed by atoms with Gasteiger partial charge < -0.3 is 119 Å². The predicted octanol–water partition coefficient (Wildman–Crippen LogP) is -10.0. The zero-order valence-corrected chi connectivity index (χ0v) is 35.2. The van der Waals surface area contributed by atoms with Crippen molar-refractivity contribution in [2.45, 2.75) is 0 Å². The summed E-state index contributed by atoms with van der Waals surface area (Å²) in [7, 11) is 32.6. The van der Waals surface area contributed by atoms with E-state index in [0.29, 0.717) is 0 Å². The fraction of sp³-hybridized carbons (Fsp3) is 1.00. The molecule has 49 heavy (non-hydrogen) atoms. The summed E-state index contributed by atoms with van der Waals surface area (Å²) >= 11 is 0. The highest BCUT2D eigenvalue weighted by Gasteiger charge is 1.93. The molecule has 0 aliphatic heterocycles. The minimum absolute atomic E-state index is 1.88. The SMILES string of the molecule is CNC.CNC.CNC.CNC.CNC.CNC.CNC.CNC.CNC.CNC.CNC.OB(O)O.OB(O)O.OB(O)O.OB(O)O. The Morgan fingerprint density at radius 2 is 0.163 bits per heavy atom. The van der Waals surface area contributed by atoms with E-state index >= 15 is 0 Å². The molecule has 0 saturated heterocycles. The van der Waals surface area contributed by atoms with Crippen molar-refractivity contribution in [3.05, 3.63) is 0 Å². The maximum Gasteiger partial charge on any atom is 0.631 e. The van der Waals surface area contributed by atoms with Crippen LogP contribution in [0.5, 0.6) is 0 Å². The first-order valence-electron chi connectivity index (χ1n) is 14.1. The van der Waals surface area contributed by atoms with Crippen molar-refractivity contribution in [1.29, 1.82) is 0 Å². The van der Waals surface area contributed by atoms with Crippen LogP contribution in [0.25, 0.3) is 0 Å². The van der Waals surface area contributed by atoms with Gasteiger partial charge in [-0.1, -0.05) is 0 Å². The lowest BCUT2D eigenvalue weighted by Gasteiger charge is -1.69. The van der Waals surface area contributed by atoms with Crippen molar-refractivity contribution in [1.82, 2.24) is 58.5 Å². The van der Waals surface area contributed by atoms with Gasteiger partial charge in [0.05, 0.1) is 0 Å². The van der Waals surface area contributed by atoms with E-state index in [4.69, 9.17) is 60.3 Å². The van der Waals surface area contributed by atoms with Crippen LogP contribution in [0.15, 0.2) is 0 Å². The first kappa shape index (κ1) is 97.5.